The summed E-state index contributed by atoms with van der Waals surface area (Å²) >= 11 is 13.1. The van der Waals surface area contributed by atoms with Crippen LogP contribution in [0.4, 0.5) is 4.39 Å². The number of halogens is 2. The highest BCUT2D eigenvalue weighted by Gasteiger charge is 2.32. The highest BCUT2D eigenvalue weighted by Crippen LogP contribution is 2.35. The van der Waals surface area contributed by atoms with E-state index in [9.17, 15) is 9.18 Å². The first-order valence-corrected chi connectivity index (χ1v) is 11.9. The maximum Gasteiger partial charge on any atom is 0.266 e. The molecule has 0 bridgehead atoms. The Balaban J connectivity index is 1.48. The SMILES string of the molecule is O=C1/C(=C\c2cn(Cc3ccc(F)cc3Cl)c3ccccc23)SC(=S)N1Cc1ccccc1. The first-order valence-electron chi connectivity index (χ1n) is 10.3. The number of fused-ring (bicyclic) bond motifs is 1. The van der Waals surface area contributed by atoms with Gasteiger partial charge in [0.2, 0.25) is 0 Å². The fraction of sp³-hybridized carbons (Fsp3) is 0.0769. The van der Waals surface area contributed by atoms with E-state index in [2.05, 4.69) is 4.57 Å². The van der Waals surface area contributed by atoms with Crippen LogP contribution in [0.3, 0.4) is 0 Å². The monoisotopic (exact) mass is 492 g/mol. The van der Waals surface area contributed by atoms with E-state index < -0.39 is 0 Å². The second kappa shape index (κ2) is 9.14. The zero-order chi connectivity index (χ0) is 22.9. The average Bonchev–Trinajstić information content (AvgIpc) is 3.28. The zero-order valence-corrected chi connectivity index (χ0v) is 19.8. The zero-order valence-electron chi connectivity index (χ0n) is 17.4. The molecule has 33 heavy (non-hydrogen) atoms. The van der Waals surface area contributed by atoms with Gasteiger partial charge in [0.15, 0.2) is 0 Å². The van der Waals surface area contributed by atoms with Crippen molar-refractivity contribution in [2.45, 2.75) is 13.1 Å². The van der Waals surface area contributed by atoms with Gasteiger partial charge in [-0.25, -0.2) is 4.39 Å². The van der Waals surface area contributed by atoms with Gasteiger partial charge < -0.3 is 4.57 Å². The summed E-state index contributed by atoms with van der Waals surface area (Å²) in [7, 11) is 0. The van der Waals surface area contributed by atoms with Crippen LogP contribution in [0.25, 0.3) is 17.0 Å². The standard InChI is InChI=1S/C26H18ClFN2OS2/c27-22-13-20(28)11-10-18(22)15-29-16-19(21-8-4-5-9-23(21)29)12-24-25(31)30(26(32)33-24)14-17-6-2-1-3-7-17/h1-13,16H,14-15H2/b24-12+. The Bertz CT molecular complexity index is 1410. The highest BCUT2D eigenvalue weighted by atomic mass is 35.5. The van der Waals surface area contributed by atoms with E-state index in [1.807, 2.05) is 66.9 Å². The molecule has 0 unspecified atom stereocenters. The number of thioether (sulfide) groups is 1. The molecular formula is C26H18ClFN2OS2. The Kier molecular flexibility index (Phi) is 6.06. The number of thiocarbonyl (C=S) groups is 1. The van der Waals surface area contributed by atoms with Crippen LogP contribution in [-0.4, -0.2) is 19.7 Å². The fourth-order valence-electron chi connectivity index (χ4n) is 3.90. The van der Waals surface area contributed by atoms with E-state index in [1.54, 1.807) is 11.0 Å². The molecule has 0 radical (unpaired) electrons. The molecular weight excluding hydrogens is 475 g/mol. The maximum atomic E-state index is 13.5. The number of amides is 1. The van der Waals surface area contributed by atoms with E-state index in [4.69, 9.17) is 23.8 Å². The third-order valence-corrected chi connectivity index (χ3v) is 7.25. The topological polar surface area (TPSA) is 25.2 Å². The van der Waals surface area contributed by atoms with E-state index in [0.717, 1.165) is 27.6 Å². The molecule has 0 aliphatic carbocycles. The van der Waals surface area contributed by atoms with Crippen LogP contribution in [0.15, 0.2) is 83.9 Å². The fourth-order valence-corrected chi connectivity index (χ4v) is 5.37. The van der Waals surface area contributed by atoms with Gasteiger partial charge in [-0.15, -0.1) is 0 Å². The minimum absolute atomic E-state index is 0.0905. The largest absolute Gasteiger partial charge is 0.342 e. The molecule has 1 aliphatic heterocycles. The van der Waals surface area contributed by atoms with Crippen LogP contribution >= 0.6 is 35.6 Å². The lowest BCUT2D eigenvalue weighted by Gasteiger charge is -2.14. The van der Waals surface area contributed by atoms with Crippen molar-refractivity contribution < 1.29 is 9.18 Å². The van der Waals surface area contributed by atoms with Crippen LogP contribution in [-0.2, 0) is 17.9 Å². The third-order valence-electron chi connectivity index (χ3n) is 5.52. The Labute approximate surface area is 205 Å². The summed E-state index contributed by atoms with van der Waals surface area (Å²) in [5.74, 6) is -0.452. The van der Waals surface area contributed by atoms with Gasteiger partial charge in [0.25, 0.3) is 5.91 Å². The van der Waals surface area contributed by atoms with Gasteiger partial charge in [-0.3, -0.25) is 9.69 Å². The molecule has 1 saturated heterocycles. The highest BCUT2D eigenvalue weighted by molar-refractivity contribution is 8.26. The molecule has 1 aromatic heterocycles. The summed E-state index contributed by atoms with van der Waals surface area (Å²) in [5.41, 5.74) is 3.77. The van der Waals surface area contributed by atoms with Crippen LogP contribution in [0, 0.1) is 5.82 Å². The number of para-hydroxylation sites is 1. The van der Waals surface area contributed by atoms with Crippen molar-refractivity contribution in [1.82, 2.24) is 9.47 Å². The number of hydrogen-bond donors (Lipinski definition) is 0. The summed E-state index contributed by atoms with van der Waals surface area (Å²) in [6, 6.07) is 22.2. The smallest absolute Gasteiger partial charge is 0.266 e. The lowest BCUT2D eigenvalue weighted by Crippen LogP contribution is -2.27. The van der Waals surface area contributed by atoms with Crippen LogP contribution in [0.2, 0.25) is 5.02 Å². The van der Waals surface area contributed by atoms with E-state index in [1.165, 1.54) is 23.9 Å². The molecule has 2 heterocycles. The van der Waals surface area contributed by atoms with Gasteiger partial charge in [0.1, 0.15) is 10.1 Å². The number of carbonyl (C=O) groups is 1. The molecule has 3 aromatic carbocycles. The van der Waals surface area contributed by atoms with Gasteiger partial charge in [-0.2, -0.15) is 0 Å². The summed E-state index contributed by atoms with van der Waals surface area (Å²) in [5, 5.41) is 1.40. The quantitative estimate of drug-likeness (QED) is 0.224. The third kappa shape index (κ3) is 4.47. The Morgan fingerprint density at radius 1 is 1.00 bits per heavy atom. The minimum Gasteiger partial charge on any atom is -0.342 e. The van der Waals surface area contributed by atoms with Crippen molar-refractivity contribution >= 4 is 62.8 Å². The number of nitrogens with zero attached hydrogens (tertiary/aromatic N) is 2. The van der Waals surface area contributed by atoms with Crippen LogP contribution in [0.1, 0.15) is 16.7 Å². The molecule has 0 saturated carbocycles. The summed E-state index contributed by atoms with van der Waals surface area (Å²) in [6.45, 7) is 0.941. The first kappa shape index (κ1) is 21.9. The van der Waals surface area contributed by atoms with E-state index in [0.29, 0.717) is 27.3 Å². The molecule has 1 aliphatic rings. The minimum atomic E-state index is -0.362. The molecule has 0 spiro atoms. The number of benzene rings is 3. The molecule has 164 valence electrons. The second-order valence-electron chi connectivity index (χ2n) is 7.72. The lowest BCUT2D eigenvalue weighted by atomic mass is 10.1. The van der Waals surface area contributed by atoms with Gasteiger partial charge in [0, 0.05) is 34.2 Å². The predicted molar refractivity (Wildman–Crippen MR) is 138 cm³/mol. The van der Waals surface area contributed by atoms with Crippen molar-refractivity contribution in [2.75, 3.05) is 0 Å². The van der Waals surface area contributed by atoms with Crippen LogP contribution in [0.5, 0.6) is 0 Å². The molecule has 5 rings (SSSR count). The second-order valence-corrected chi connectivity index (χ2v) is 9.80. The molecule has 4 aromatic rings. The van der Waals surface area contributed by atoms with Gasteiger partial charge in [0.05, 0.1) is 11.4 Å². The van der Waals surface area contributed by atoms with Gasteiger partial charge >= 0.3 is 0 Å². The molecule has 1 amide bonds. The predicted octanol–water partition coefficient (Wildman–Crippen LogP) is 6.88. The maximum absolute atomic E-state index is 13.5. The van der Waals surface area contributed by atoms with Crippen molar-refractivity contribution in [3.05, 3.63) is 111 Å². The Morgan fingerprint density at radius 2 is 1.76 bits per heavy atom. The molecule has 0 N–H and O–H groups in total. The first-order chi connectivity index (χ1) is 16.0. The molecule has 0 atom stereocenters. The van der Waals surface area contributed by atoms with Crippen molar-refractivity contribution in [3.63, 3.8) is 0 Å². The summed E-state index contributed by atoms with van der Waals surface area (Å²) < 4.78 is 16.1. The van der Waals surface area contributed by atoms with Crippen molar-refractivity contribution in [2.24, 2.45) is 0 Å². The number of aromatic nitrogens is 1. The van der Waals surface area contributed by atoms with Crippen molar-refractivity contribution in [1.29, 1.82) is 0 Å². The molecule has 7 heteroatoms. The number of carbonyl (C=O) groups excluding carboxylic acids is 1. The summed E-state index contributed by atoms with van der Waals surface area (Å²) in [4.78, 5) is 15.4. The Hall–Kier alpha value is -2.93. The Morgan fingerprint density at radius 3 is 2.55 bits per heavy atom. The summed E-state index contributed by atoms with van der Waals surface area (Å²) in [6.07, 6.45) is 3.89. The number of hydrogen-bond acceptors (Lipinski definition) is 3. The van der Waals surface area contributed by atoms with E-state index >= 15 is 0 Å². The van der Waals surface area contributed by atoms with E-state index in [-0.39, 0.29) is 11.7 Å². The van der Waals surface area contributed by atoms with Crippen molar-refractivity contribution in [3.8, 4) is 0 Å². The number of rotatable bonds is 5. The molecule has 3 nitrogen and oxygen atoms in total. The van der Waals surface area contributed by atoms with Crippen LogP contribution < -0.4 is 0 Å². The van der Waals surface area contributed by atoms with Gasteiger partial charge in [-0.05, 0) is 35.4 Å². The van der Waals surface area contributed by atoms with Gasteiger partial charge in [-0.1, -0.05) is 90.2 Å². The normalized spacial score (nSPS) is 15.2. The molecule has 1 fully saturated rings. The average molecular weight is 493 g/mol. The lowest BCUT2D eigenvalue weighted by molar-refractivity contribution is -0.122.